The number of carbonyl (C=O) groups is 1. The van der Waals surface area contributed by atoms with Crippen molar-refractivity contribution in [3.05, 3.63) is 190 Å². The van der Waals surface area contributed by atoms with Crippen LogP contribution in [0.4, 0.5) is 8.78 Å². The highest BCUT2D eigenvalue weighted by atomic mass is 19.1. The van der Waals surface area contributed by atoms with E-state index >= 15 is 0 Å². The minimum absolute atomic E-state index is 0.286. The van der Waals surface area contributed by atoms with Crippen molar-refractivity contribution in [2.75, 3.05) is 14.2 Å². The number of ether oxygens (including phenoxy) is 4. The third-order valence-corrected chi connectivity index (χ3v) is 12.7. The van der Waals surface area contributed by atoms with Crippen LogP contribution in [0.1, 0.15) is 113 Å². The number of methoxy groups -OCH3 is 2. The summed E-state index contributed by atoms with van der Waals surface area (Å²) in [7, 11) is 3.09. The number of aromatic nitrogens is 8. The van der Waals surface area contributed by atoms with Crippen LogP contribution in [0.15, 0.2) is 128 Å². The van der Waals surface area contributed by atoms with Crippen LogP contribution < -0.4 is 9.47 Å². The lowest BCUT2D eigenvalue weighted by molar-refractivity contribution is 0.0521. The Morgan fingerprint density at radius 3 is 1.68 bits per heavy atom. The van der Waals surface area contributed by atoms with Crippen molar-refractivity contribution in [1.29, 1.82) is 0 Å². The normalized spacial score (nSPS) is 14.3. The molecule has 0 aliphatic heterocycles. The number of aliphatic hydroxyl groups excluding tert-OH is 1. The van der Waals surface area contributed by atoms with Crippen LogP contribution in [0.3, 0.4) is 0 Å². The molecule has 0 saturated heterocycles. The zero-order valence-electron chi connectivity index (χ0n) is 41.6. The second kappa shape index (κ2) is 23.8. The molecule has 2 aliphatic rings. The van der Waals surface area contributed by atoms with E-state index in [0.29, 0.717) is 53.4 Å². The SMILES string of the molecule is COc1cc(C(O)c2cn(CC3CC3)nc2C)n(-c2ccc(F)cc2[C@@H](C)OCc2ccccc2)n1.COc1ccn(-c2ccc(F)cc2[C@@H](C)OCc2ccccc2)n1.Cc1nn(CC2CC2)cc1C=O. The predicted molar refractivity (Wildman–Crippen MR) is 268 cm³/mol. The fraction of sp³-hybridized carbons (Fsp3) is 0.339. The molecule has 0 radical (unpaired) electrons. The number of carbonyl (C=O) groups excluding carboxylic acids is 1. The molecule has 1 unspecified atom stereocenters. The first kappa shape index (κ1) is 51.1. The molecular formula is C56H62F2N8O6. The largest absolute Gasteiger partial charge is 0.480 e. The molecule has 3 atom stereocenters. The molecule has 4 heterocycles. The number of hydrogen-bond acceptors (Lipinski definition) is 10. The highest BCUT2D eigenvalue weighted by Gasteiger charge is 2.28. The number of aryl methyl sites for hydroxylation is 2. The number of benzene rings is 4. The maximum Gasteiger partial charge on any atom is 0.233 e. The molecule has 4 aromatic carbocycles. The molecule has 0 bridgehead atoms. The molecule has 376 valence electrons. The van der Waals surface area contributed by atoms with Crippen molar-refractivity contribution >= 4 is 6.29 Å². The van der Waals surface area contributed by atoms with Gasteiger partial charge in [0.05, 0.1) is 73.7 Å². The number of aliphatic hydroxyl groups is 1. The summed E-state index contributed by atoms with van der Waals surface area (Å²) in [5.74, 6) is 1.65. The Bertz CT molecular complexity index is 3020. The van der Waals surface area contributed by atoms with Gasteiger partial charge in [-0.15, -0.1) is 10.2 Å². The van der Waals surface area contributed by atoms with Crippen molar-refractivity contribution in [2.45, 2.75) is 98.0 Å². The molecule has 2 saturated carbocycles. The number of halogens is 2. The second-order valence-corrected chi connectivity index (χ2v) is 18.3. The standard InChI is InChI=1S/C28H31FN4O3.C19H19FN2O2.C9H12N2O/c1-18-24(16-32(30-18)15-20-9-10-20)28(34)26-14-27(35-3)31-33(26)25-12-11-22(29)13-23(25)19(2)36-17-21-7-5-4-6-8-21;1-14(24-13-15-6-4-3-5-7-15)17-12-16(20)8-9-18(17)22-11-10-19(21-22)23-2;1-7-9(6-12)5-11(10-7)4-8-2-3-8/h4-8,11-14,16,19-20,28,34H,9-10,15,17H2,1-3H3;3-12,14H,13H2,1-2H3;5-6,8H,2-4H2,1H3/t19-,28?;14-;/m11./s1. The van der Waals surface area contributed by atoms with E-state index in [1.54, 1.807) is 46.9 Å². The van der Waals surface area contributed by atoms with Gasteiger partial charge in [0.2, 0.25) is 11.8 Å². The van der Waals surface area contributed by atoms with E-state index in [1.807, 2.05) is 110 Å². The highest BCUT2D eigenvalue weighted by Crippen LogP contribution is 2.35. The summed E-state index contributed by atoms with van der Waals surface area (Å²) in [6, 6.07) is 32.2. The number of hydrogen-bond donors (Lipinski definition) is 1. The van der Waals surface area contributed by atoms with Gasteiger partial charge in [0.15, 0.2) is 6.29 Å². The van der Waals surface area contributed by atoms with E-state index in [0.717, 1.165) is 64.6 Å². The molecule has 4 aromatic heterocycles. The molecular weight excluding hydrogens is 919 g/mol. The van der Waals surface area contributed by atoms with Crippen LogP contribution in [-0.2, 0) is 35.8 Å². The fourth-order valence-corrected chi connectivity index (χ4v) is 8.21. The van der Waals surface area contributed by atoms with Crippen LogP contribution in [-0.4, -0.2) is 64.7 Å². The molecule has 8 aromatic rings. The summed E-state index contributed by atoms with van der Waals surface area (Å²) in [6.45, 7) is 10.2. The van der Waals surface area contributed by atoms with Crippen molar-refractivity contribution in [1.82, 2.24) is 39.1 Å². The number of nitrogens with zero attached hydrogens (tertiary/aromatic N) is 8. The third kappa shape index (κ3) is 13.4. The molecule has 72 heavy (non-hydrogen) atoms. The summed E-state index contributed by atoms with van der Waals surface area (Å²) < 4.78 is 57.7. The van der Waals surface area contributed by atoms with E-state index < -0.39 is 12.2 Å². The van der Waals surface area contributed by atoms with E-state index in [4.69, 9.17) is 18.9 Å². The molecule has 0 spiro atoms. The Kier molecular flexibility index (Phi) is 16.9. The van der Waals surface area contributed by atoms with Gasteiger partial charge < -0.3 is 24.1 Å². The van der Waals surface area contributed by atoms with Crippen LogP contribution in [0.2, 0.25) is 0 Å². The average Bonchev–Trinajstić information content (AvgIpc) is 4.19. The topological polar surface area (TPSA) is 146 Å². The first-order valence-electron chi connectivity index (χ1n) is 24.2. The van der Waals surface area contributed by atoms with E-state index in [9.17, 15) is 18.7 Å². The highest BCUT2D eigenvalue weighted by molar-refractivity contribution is 5.75. The summed E-state index contributed by atoms with van der Waals surface area (Å²) in [5.41, 5.74) is 8.34. The summed E-state index contributed by atoms with van der Waals surface area (Å²) in [4.78, 5) is 10.5. The van der Waals surface area contributed by atoms with E-state index in [2.05, 4.69) is 20.4 Å². The number of aldehydes is 1. The fourth-order valence-electron chi connectivity index (χ4n) is 8.21. The zero-order valence-corrected chi connectivity index (χ0v) is 41.6. The van der Waals surface area contributed by atoms with Crippen molar-refractivity contribution in [3.63, 3.8) is 0 Å². The van der Waals surface area contributed by atoms with Gasteiger partial charge in [-0.3, -0.25) is 14.2 Å². The van der Waals surface area contributed by atoms with Crippen molar-refractivity contribution in [2.24, 2.45) is 11.8 Å². The minimum atomic E-state index is -0.993. The van der Waals surface area contributed by atoms with Gasteiger partial charge in [-0.25, -0.2) is 18.1 Å². The Morgan fingerprint density at radius 2 is 1.17 bits per heavy atom. The molecule has 0 amide bonds. The lowest BCUT2D eigenvalue weighted by Crippen LogP contribution is -2.13. The van der Waals surface area contributed by atoms with E-state index in [-0.39, 0.29) is 17.7 Å². The van der Waals surface area contributed by atoms with Crippen LogP contribution in [0, 0.1) is 37.3 Å². The quantitative estimate of drug-likeness (QED) is 0.0777. The third-order valence-electron chi connectivity index (χ3n) is 12.7. The average molecular weight is 981 g/mol. The van der Waals surface area contributed by atoms with Gasteiger partial charge in [-0.05, 0) is 113 Å². The molecule has 16 heteroatoms. The molecule has 2 aliphatic carbocycles. The number of rotatable bonds is 19. The van der Waals surface area contributed by atoms with Crippen molar-refractivity contribution < 1.29 is 37.6 Å². The van der Waals surface area contributed by atoms with Crippen LogP contribution in [0.5, 0.6) is 11.8 Å². The monoisotopic (exact) mass is 980 g/mol. The Labute approximate surface area is 418 Å². The second-order valence-electron chi connectivity index (χ2n) is 18.3. The first-order chi connectivity index (χ1) is 34.9. The smallest absolute Gasteiger partial charge is 0.233 e. The predicted octanol–water partition coefficient (Wildman–Crippen LogP) is 11.0. The first-order valence-corrected chi connectivity index (χ1v) is 24.2. The molecule has 2 fully saturated rings. The van der Waals surface area contributed by atoms with Gasteiger partial charge >= 0.3 is 0 Å². The molecule has 14 nitrogen and oxygen atoms in total. The minimum Gasteiger partial charge on any atom is -0.480 e. The summed E-state index contributed by atoms with van der Waals surface area (Å²) in [5, 5.41) is 29.2. The van der Waals surface area contributed by atoms with Gasteiger partial charge in [0.1, 0.15) is 17.7 Å². The van der Waals surface area contributed by atoms with Crippen LogP contribution >= 0.6 is 0 Å². The van der Waals surface area contributed by atoms with E-state index in [1.165, 1.54) is 57.1 Å². The van der Waals surface area contributed by atoms with Crippen LogP contribution in [0.25, 0.3) is 11.4 Å². The lowest BCUT2D eigenvalue weighted by atomic mass is 10.1. The lowest BCUT2D eigenvalue weighted by Gasteiger charge is -2.20. The summed E-state index contributed by atoms with van der Waals surface area (Å²) in [6.07, 6.45) is 9.74. The van der Waals surface area contributed by atoms with Gasteiger partial charge in [0.25, 0.3) is 0 Å². The Hall–Kier alpha value is -7.27. The van der Waals surface area contributed by atoms with Gasteiger partial charge in [0, 0.05) is 60.5 Å². The Morgan fingerprint density at radius 1 is 0.639 bits per heavy atom. The maximum atomic E-state index is 14.4. The maximum absolute atomic E-state index is 14.4. The molecule has 10 rings (SSSR count). The zero-order chi connectivity index (χ0) is 50.7. The Balaban J connectivity index is 0.000000164. The van der Waals surface area contributed by atoms with Crippen molar-refractivity contribution in [3.8, 4) is 23.1 Å². The molecule has 1 N–H and O–H groups in total. The van der Waals surface area contributed by atoms with Gasteiger partial charge in [-0.1, -0.05) is 60.7 Å². The summed E-state index contributed by atoms with van der Waals surface area (Å²) >= 11 is 0. The van der Waals surface area contributed by atoms with Gasteiger partial charge in [-0.2, -0.15) is 10.2 Å².